The summed E-state index contributed by atoms with van der Waals surface area (Å²) in [6, 6.07) is 20.1. The Balaban J connectivity index is 1.44. The highest BCUT2D eigenvalue weighted by Gasteiger charge is 2.33. The van der Waals surface area contributed by atoms with Crippen LogP contribution in [0.15, 0.2) is 80.8 Å². The van der Waals surface area contributed by atoms with E-state index < -0.39 is 10.3 Å². The van der Waals surface area contributed by atoms with Crippen LogP contribution in [-0.4, -0.2) is 31.4 Å². The van der Waals surface area contributed by atoms with Gasteiger partial charge in [-0.15, -0.1) is 11.8 Å². The molecule has 8 heteroatoms. The van der Waals surface area contributed by atoms with E-state index >= 15 is 0 Å². The van der Waals surface area contributed by atoms with Crippen LogP contribution in [0.4, 0.5) is 0 Å². The number of thioether (sulfide) groups is 1. The van der Waals surface area contributed by atoms with Crippen LogP contribution in [0.25, 0.3) is 11.5 Å². The van der Waals surface area contributed by atoms with E-state index in [2.05, 4.69) is 27.2 Å². The molecule has 7 nitrogen and oxygen atoms in total. The Kier molecular flexibility index (Phi) is 8.43. The van der Waals surface area contributed by atoms with Gasteiger partial charge in [-0.2, -0.15) is 4.98 Å². The van der Waals surface area contributed by atoms with Crippen molar-refractivity contribution < 1.29 is 18.5 Å². The van der Waals surface area contributed by atoms with Crippen LogP contribution in [0, 0.1) is 6.92 Å². The number of aromatic nitrogens is 2. The van der Waals surface area contributed by atoms with Crippen molar-refractivity contribution in [3.8, 4) is 11.5 Å². The van der Waals surface area contributed by atoms with Gasteiger partial charge >= 0.3 is 5.97 Å². The molecule has 0 atom stereocenters. The fourth-order valence-electron chi connectivity index (χ4n) is 3.78. The van der Waals surface area contributed by atoms with Gasteiger partial charge in [0.1, 0.15) is 16.1 Å². The minimum atomic E-state index is -0.700. The lowest BCUT2D eigenvalue weighted by Crippen LogP contribution is -2.36. The molecule has 0 bridgehead atoms. The third-order valence-electron chi connectivity index (χ3n) is 5.68. The molecule has 2 aromatic heterocycles. The Bertz CT molecular complexity index is 1320. The summed E-state index contributed by atoms with van der Waals surface area (Å²) in [6.07, 6.45) is 1.68. The molecule has 0 N–H and O–H groups in total. The number of benzene rings is 2. The molecule has 0 fully saturated rings. The molecule has 0 aliphatic rings. The van der Waals surface area contributed by atoms with Gasteiger partial charge in [0.05, 0.1) is 19.4 Å². The lowest BCUT2D eigenvalue weighted by atomic mass is 10.1. The van der Waals surface area contributed by atoms with E-state index in [9.17, 15) is 4.79 Å². The van der Waals surface area contributed by atoms with E-state index in [1.807, 2.05) is 90.1 Å². The van der Waals surface area contributed by atoms with E-state index in [0.29, 0.717) is 31.3 Å². The molecule has 0 saturated carbocycles. The second-order valence-electron chi connectivity index (χ2n) is 10.9. The molecule has 200 valence electrons. The molecule has 4 rings (SSSR count). The average Bonchev–Trinajstić information content (AvgIpc) is 3.52. The standard InChI is InChI=1S/C30H35N3O4S/c1-21-9-13-23(14-10-21)27-31-26(32-37-27)20-33(19-24-8-7-17-35-24)18-22-11-15-25(16-12-22)38-30(5,6)28(34)36-29(2,3)4/h7-17H,18-20H2,1-6H3. The van der Waals surface area contributed by atoms with Crippen molar-refractivity contribution in [3.63, 3.8) is 0 Å². The van der Waals surface area contributed by atoms with Crippen LogP contribution in [0.5, 0.6) is 0 Å². The number of hydrogen-bond acceptors (Lipinski definition) is 8. The third kappa shape index (κ3) is 7.82. The number of ether oxygens (including phenoxy) is 1. The first-order valence-corrected chi connectivity index (χ1v) is 13.4. The van der Waals surface area contributed by atoms with Crippen molar-refractivity contribution in [1.29, 1.82) is 0 Å². The number of nitrogens with zero attached hydrogens (tertiary/aromatic N) is 3. The fraction of sp³-hybridized carbons (Fsp3) is 0.367. The number of hydrogen-bond donors (Lipinski definition) is 0. The highest BCUT2D eigenvalue weighted by Crippen LogP contribution is 2.35. The molecule has 38 heavy (non-hydrogen) atoms. The van der Waals surface area contributed by atoms with E-state index in [4.69, 9.17) is 13.7 Å². The van der Waals surface area contributed by atoms with E-state index in [0.717, 1.165) is 21.8 Å². The quantitative estimate of drug-likeness (QED) is 0.158. The van der Waals surface area contributed by atoms with E-state index in [1.54, 1.807) is 6.26 Å². The summed E-state index contributed by atoms with van der Waals surface area (Å²) in [5.41, 5.74) is 2.68. The minimum absolute atomic E-state index is 0.228. The van der Waals surface area contributed by atoms with Crippen LogP contribution in [-0.2, 0) is 29.2 Å². The lowest BCUT2D eigenvalue weighted by molar-refractivity contribution is -0.156. The number of aryl methyl sites for hydroxylation is 1. The molecule has 0 radical (unpaired) electrons. The van der Waals surface area contributed by atoms with Crippen LogP contribution >= 0.6 is 11.8 Å². The molecule has 2 heterocycles. The highest BCUT2D eigenvalue weighted by molar-refractivity contribution is 8.01. The first-order chi connectivity index (χ1) is 18.0. The van der Waals surface area contributed by atoms with Crippen LogP contribution in [0.2, 0.25) is 0 Å². The van der Waals surface area contributed by atoms with Crippen molar-refractivity contribution in [1.82, 2.24) is 15.0 Å². The van der Waals surface area contributed by atoms with E-state index in [-0.39, 0.29) is 5.97 Å². The second kappa shape index (κ2) is 11.6. The molecule has 2 aromatic carbocycles. The summed E-state index contributed by atoms with van der Waals surface area (Å²) in [7, 11) is 0. The maximum absolute atomic E-state index is 12.7. The molecule has 0 amide bonds. The number of carbonyl (C=O) groups excluding carboxylic acids is 1. The van der Waals surface area contributed by atoms with Gasteiger partial charge in [-0.05, 0) is 83.5 Å². The summed E-state index contributed by atoms with van der Waals surface area (Å²) in [5.74, 6) is 1.75. The number of esters is 1. The Morgan fingerprint density at radius 2 is 1.66 bits per heavy atom. The van der Waals surface area contributed by atoms with Gasteiger partial charge in [-0.3, -0.25) is 9.69 Å². The van der Waals surface area contributed by atoms with Crippen molar-refractivity contribution in [2.75, 3.05) is 0 Å². The van der Waals surface area contributed by atoms with Crippen LogP contribution in [0.1, 0.15) is 57.3 Å². The fourth-order valence-corrected chi connectivity index (χ4v) is 4.77. The van der Waals surface area contributed by atoms with Gasteiger partial charge in [0.25, 0.3) is 5.89 Å². The zero-order valence-electron chi connectivity index (χ0n) is 22.9. The Labute approximate surface area is 228 Å². The molecule has 0 unspecified atom stereocenters. The predicted octanol–water partition coefficient (Wildman–Crippen LogP) is 7.05. The number of carbonyl (C=O) groups is 1. The monoisotopic (exact) mass is 533 g/mol. The Morgan fingerprint density at radius 1 is 0.947 bits per heavy atom. The predicted molar refractivity (Wildman–Crippen MR) is 148 cm³/mol. The van der Waals surface area contributed by atoms with Gasteiger partial charge in [0.2, 0.25) is 0 Å². The highest BCUT2D eigenvalue weighted by atomic mass is 32.2. The molecular formula is C30H35N3O4S. The SMILES string of the molecule is Cc1ccc(-c2nc(CN(Cc3ccc(SC(C)(C)C(=O)OC(C)(C)C)cc3)Cc3ccco3)no2)cc1. The van der Waals surface area contributed by atoms with Crippen molar-refractivity contribution in [2.45, 2.75) is 76.4 Å². The largest absolute Gasteiger partial charge is 0.468 e. The van der Waals surface area contributed by atoms with Crippen molar-refractivity contribution in [2.24, 2.45) is 0 Å². The third-order valence-corrected chi connectivity index (χ3v) is 6.87. The zero-order valence-corrected chi connectivity index (χ0v) is 23.7. The first kappa shape index (κ1) is 27.7. The van der Waals surface area contributed by atoms with Gasteiger partial charge in [-0.1, -0.05) is 35.0 Å². The molecule has 4 aromatic rings. The van der Waals surface area contributed by atoms with Crippen LogP contribution < -0.4 is 0 Å². The van der Waals surface area contributed by atoms with Gasteiger partial charge < -0.3 is 13.7 Å². The molecule has 0 aliphatic heterocycles. The summed E-state index contributed by atoms with van der Waals surface area (Å²) in [5, 5.41) is 4.22. The molecule has 0 spiro atoms. The van der Waals surface area contributed by atoms with E-state index in [1.165, 1.54) is 17.3 Å². The van der Waals surface area contributed by atoms with Crippen molar-refractivity contribution >= 4 is 17.7 Å². The summed E-state index contributed by atoms with van der Waals surface area (Å²) in [6.45, 7) is 13.2. The van der Waals surface area contributed by atoms with Gasteiger partial charge in [0, 0.05) is 17.0 Å². The van der Waals surface area contributed by atoms with Crippen LogP contribution in [0.3, 0.4) is 0 Å². The Hall–Kier alpha value is -3.36. The lowest BCUT2D eigenvalue weighted by Gasteiger charge is -2.28. The molecular weight excluding hydrogens is 498 g/mol. The Morgan fingerprint density at radius 3 is 2.29 bits per heavy atom. The smallest absolute Gasteiger partial charge is 0.322 e. The second-order valence-corrected chi connectivity index (χ2v) is 12.6. The van der Waals surface area contributed by atoms with Gasteiger partial charge in [-0.25, -0.2) is 0 Å². The normalized spacial score (nSPS) is 12.2. The summed E-state index contributed by atoms with van der Waals surface area (Å²) in [4.78, 5) is 20.5. The topological polar surface area (TPSA) is 81.6 Å². The molecule has 0 aliphatic carbocycles. The maximum atomic E-state index is 12.7. The zero-order chi connectivity index (χ0) is 27.3. The summed E-state index contributed by atoms with van der Waals surface area (Å²) >= 11 is 1.49. The summed E-state index contributed by atoms with van der Waals surface area (Å²) < 4.78 is 16.0. The molecule has 0 saturated heterocycles. The first-order valence-electron chi connectivity index (χ1n) is 12.6. The minimum Gasteiger partial charge on any atom is -0.468 e. The van der Waals surface area contributed by atoms with Crippen molar-refractivity contribution in [3.05, 3.63) is 89.6 Å². The van der Waals surface area contributed by atoms with Gasteiger partial charge in [0.15, 0.2) is 5.82 Å². The number of rotatable bonds is 10. The maximum Gasteiger partial charge on any atom is 0.322 e. The number of furan rings is 1. The average molecular weight is 534 g/mol.